The van der Waals surface area contributed by atoms with Gasteiger partial charge in [-0.3, -0.25) is 32.9 Å². The molecule has 0 spiro atoms. The summed E-state index contributed by atoms with van der Waals surface area (Å²) in [6, 6.07) is 38.6. The van der Waals surface area contributed by atoms with Crippen LogP contribution in [0, 0.1) is 23.3 Å². The largest absolute Gasteiger partial charge is 0.497 e. The lowest BCUT2D eigenvalue weighted by Crippen LogP contribution is -2.39. The van der Waals surface area contributed by atoms with E-state index in [1.54, 1.807) is 69.3 Å². The average Bonchev–Trinajstić information content (AvgIpc) is 1.59. The van der Waals surface area contributed by atoms with Gasteiger partial charge in [0, 0.05) is 36.8 Å². The minimum atomic E-state index is -4.22. The number of pyridine rings is 3. The molecule has 14 aromatic rings. The van der Waals surface area contributed by atoms with Gasteiger partial charge < -0.3 is 50.6 Å². The minimum absolute atomic E-state index is 0. The first kappa shape index (κ1) is 102. The first-order valence-electron chi connectivity index (χ1n) is 40.6. The highest BCUT2D eigenvalue weighted by Crippen LogP contribution is 2.42. The van der Waals surface area contributed by atoms with Crippen LogP contribution in [0.25, 0.3) is 55.2 Å². The molecule has 7 aromatic carbocycles. The molecule has 0 aliphatic heterocycles. The monoisotopic (exact) mass is 1990 g/mol. The molecule has 7 heterocycles. The van der Waals surface area contributed by atoms with Crippen molar-refractivity contribution < 1.29 is 90.3 Å². The van der Waals surface area contributed by atoms with Crippen LogP contribution in [0.3, 0.4) is 0 Å². The predicted molar refractivity (Wildman–Crippen MR) is 502 cm³/mol. The number of aromatic nitrogens is 11. The molecule has 0 saturated heterocycles. The molecule has 134 heavy (non-hydrogen) atoms. The number of hydrogen-bond donors (Lipinski definition) is 5. The molecule has 0 aliphatic carbocycles. The molecule has 0 aliphatic rings. The predicted octanol–water partition coefficient (Wildman–Crippen LogP) is 16.1. The number of nitrogens with one attached hydrogen (secondary N) is 2. The smallest absolute Gasteiger partial charge is 0.408 e. The molecule has 7 N–H and O–H groups in total. The molecule has 46 heteroatoms. The Labute approximate surface area is 782 Å². The molecule has 14 rings (SSSR count). The van der Waals surface area contributed by atoms with Crippen LogP contribution < -0.4 is 61.0 Å². The summed E-state index contributed by atoms with van der Waals surface area (Å²) in [7, 11) is -2.91. The molecule has 4 atom stereocenters. The van der Waals surface area contributed by atoms with Crippen molar-refractivity contribution >= 4 is 147 Å². The van der Waals surface area contributed by atoms with Gasteiger partial charge in [0.2, 0.25) is 37.4 Å². The van der Waals surface area contributed by atoms with E-state index in [0.29, 0.717) is 60.3 Å². The highest BCUT2D eigenvalue weighted by atomic mass is 35.5. The number of benzene rings is 7. The average molecular weight is 2000 g/mol. The van der Waals surface area contributed by atoms with E-state index >= 15 is 4.79 Å². The van der Waals surface area contributed by atoms with Crippen LogP contribution in [0.15, 0.2) is 190 Å². The van der Waals surface area contributed by atoms with E-state index < -0.39 is 116 Å². The van der Waals surface area contributed by atoms with E-state index in [9.17, 15) is 71.1 Å². The zero-order chi connectivity index (χ0) is 97.5. The van der Waals surface area contributed by atoms with Crippen molar-refractivity contribution in [1.29, 1.82) is 1.28 Å². The van der Waals surface area contributed by atoms with Crippen LogP contribution in [0.2, 0.25) is 10.0 Å². The number of halogens is 11. The summed E-state index contributed by atoms with van der Waals surface area (Å²) in [6.45, 7) is 4.74. The number of carboxylic acid groups (broad SMARTS) is 1. The number of nitrogens with zero attached hydrogens (tertiary/aromatic N) is 12. The number of nitrogens with two attached hydrogens (primary N) is 2. The van der Waals surface area contributed by atoms with E-state index in [1.165, 1.54) is 68.8 Å². The van der Waals surface area contributed by atoms with E-state index in [4.69, 9.17) is 69.7 Å². The van der Waals surface area contributed by atoms with Gasteiger partial charge >= 0.3 is 12.1 Å². The van der Waals surface area contributed by atoms with Gasteiger partial charge in [0.05, 0.1) is 114 Å². The third-order valence-corrected chi connectivity index (χ3v) is 22.5. The Morgan fingerprint density at radius 2 is 1.08 bits per heavy atom. The number of carbonyl (C=O) groups is 2. The highest BCUT2D eigenvalue weighted by Gasteiger charge is 2.35. The Morgan fingerprint density at radius 1 is 0.612 bits per heavy atom. The number of sulfonamides is 2. The Hall–Kier alpha value is -12.6. The number of amides is 1. The van der Waals surface area contributed by atoms with Crippen LogP contribution in [0.4, 0.5) is 57.4 Å². The highest BCUT2D eigenvalue weighted by molar-refractivity contribution is 7.92. The lowest BCUT2D eigenvalue weighted by molar-refractivity contribution is 0.0499. The summed E-state index contributed by atoms with van der Waals surface area (Å²) in [5.74, 6) is -4.47. The lowest BCUT2D eigenvalue weighted by Gasteiger charge is -2.26. The van der Waals surface area contributed by atoms with Crippen LogP contribution in [-0.4, -0.2) is 141 Å². The molecular formula is C88H89Cl3F8N16O15P2S2. The molecule has 0 fully saturated rings. The standard InChI is InChI=1S/C42H44ClF4N7O7S.C33H28ClF4N7O5S.C13H12N2O3.ClH.H4P2/c1-7-8-17-60-34-16-13-29-37(49-34)50-38(31(48-41(56)61-42(2,3)4)20-25-18-26(44)21-27(45)19-25)54(40(29)55)32-15-14-30(43)35-36(32)52(23-33(46)47)51-39(35)53(62(6,57)58)22-24-9-11-28(59-5)12-10-24;1-50-21-5-3-17(4-6-21)15-44(51(2,48)49)32-28-23(34)8-9-25(29(28)43(42-32)16-26(37)38)45-31(24(39)13-18-11-19(35)14-20(36)12-18)41-30-22(33(45)47)7-10-27(46)40-30;14-12-10(13(16)17)6-7-11(15-12)18-8-9-4-2-1-3-5-9;;1-2/h9-16,18-19,21,31,33H,7-8,17,20,22-23H2,1-6H3,(H,48,56);3-12,14,24,26H,13,15-16,39H2,1-2H3,(H,40,46);1-7H,8H2,(H2,14,15)(H,16,17);1H;1-2H2/t31-;24-;;;/m00.../s1/i;;;;1D. The second-order valence-electron chi connectivity index (χ2n) is 30.6. The van der Waals surface area contributed by atoms with E-state index in [1.807, 2.05) is 37.3 Å². The van der Waals surface area contributed by atoms with Crippen LogP contribution >= 0.6 is 53.4 Å². The van der Waals surface area contributed by atoms with Gasteiger partial charge in [-0.15, -0.1) is 30.2 Å². The maximum Gasteiger partial charge on any atom is 0.408 e. The fourth-order valence-corrected chi connectivity index (χ4v) is 16.0. The summed E-state index contributed by atoms with van der Waals surface area (Å²) in [4.78, 5) is 85.8. The maximum absolute atomic E-state index is 15.0. The third-order valence-electron chi connectivity index (χ3n) is 19.7. The van der Waals surface area contributed by atoms with Crippen LogP contribution in [0.1, 0.15) is 102 Å². The minimum Gasteiger partial charge on any atom is -0.497 e. The summed E-state index contributed by atoms with van der Waals surface area (Å²) in [5, 5.41) is 19.6. The number of methoxy groups -OCH3 is 2. The number of hydrogen-bond acceptors (Lipinski definition) is 22. The van der Waals surface area contributed by atoms with E-state index in [-0.39, 0.29) is 164 Å². The second-order valence-corrected chi connectivity index (χ2v) is 35.2. The van der Waals surface area contributed by atoms with Crippen molar-refractivity contribution in [3.8, 4) is 34.6 Å². The molecule has 2 unspecified atom stereocenters. The first-order chi connectivity index (χ1) is 63.5. The van der Waals surface area contributed by atoms with Gasteiger partial charge in [0.1, 0.15) is 88.7 Å². The summed E-state index contributed by atoms with van der Waals surface area (Å²) in [6.07, 6.45) is -4.34. The number of alkyl halides is 4. The molecule has 1 amide bonds. The second kappa shape index (κ2) is 44.9. The van der Waals surface area contributed by atoms with Gasteiger partial charge in [0.25, 0.3) is 24.0 Å². The normalized spacial score (nSPS) is 12.1. The van der Waals surface area contributed by atoms with Crippen molar-refractivity contribution in [3.05, 3.63) is 285 Å². The van der Waals surface area contributed by atoms with Gasteiger partial charge in [0.15, 0.2) is 17.3 Å². The van der Waals surface area contributed by atoms with Crippen LogP contribution in [-0.2, 0) is 70.4 Å². The number of ether oxygens (including phenoxy) is 5. The lowest BCUT2D eigenvalue weighted by atomic mass is 10.0. The quantitative estimate of drug-likeness (QED) is 0.0153. The number of anilines is 3. The fourth-order valence-electron chi connectivity index (χ4n) is 13.9. The van der Waals surface area contributed by atoms with Gasteiger partial charge in [-0.05, 0) is 152 Å². The van der Waals surface area contributed by atoms with Crippen molar-refractivity contribution in [1.82, 2.24) is 58.9 Å². The number of rotatable bonds is 31. The number of nitrogen functional groups attached to an aromatic ring is 1. The van der Waals surface area contributed by atoms with E-state index in [0.717, 1.165) is 81.9 Å². The summed E-state index contributed by atoms with van der Waals surface area (Å²) < 4.78 is 207. The van der Waals surface area contributed by atoms with E-state index in [2.05, 4.69) is 44.4 Å². The molecule has 7 aromatic heterocycles. The van der Waals surface area contributed by atoms with Crippen molar-refractivity contribution in [2.75, 3.05) is 47.7 Å². The maximum atomic E-state index is 15.0. The number of fused-ring (bicyclic) bond motifs is 4. The molecule has 0 radical (unpaired) electrons. The molecule has 31 nitrogen and oxygen atoms in total. The molecule has 710 valence electrons. The number of unbranched alkanes of at least 4 members (excludes halogenated alkanes) is 1. The first-order valence-corrected chi connectivity index (χ1v) is 46.8. The summed E-state index contributed by atoms with van der Waals surface area (Å²) >= 11 is 13.5. The number of alkyl carbamates (subject to hydrolysis) is 1. The van der Waals surface area contributed by atoms with Crippen molar-refractivity contribution in [2.45, 2.75) is 117 Å². The third kappa shape index (κ3) is 25.7. The van der Waals surface area contributed by atoms with Gasteiger partial charge in [-0.1, -0.05) is 91.1 Å². The SMILES string of the molecule is CCCCOc1ccc2c(=O)n(-c3ccc(Cl)c4c(N(Cc5ccc(OC)cc5)S(C)(=O)=O)nn(CC(F)F)c34)c([C@H](Cc3cc(F)cc(F)c3)NC(=O)OC(C)(C)C)nc2n1.COc1ccc(CN(c2nn(CC(F)F)c3c(-n4c([C@@H](N)Cc5cc(F)cc(F)c5)nc5[nH]c(=O)ccc5c4=O)ccc(Cl)c23)S(C)(=O)=O)cc1.Cl.Nc1nc(OCc2ccccc2)ccc1C(=O)O.[2H]PP. The van der Waals surface area contributed by atoms with Gasteiger partial charge in [-0.25, -0.2) is 80.1 Å². The fraction of sp³-hybridized carbons (Fsp3) is 0.261. The molecule has 0 bridgehead atoms. The van der Waals surface area contributed by atoms with Crippen molar-refractivity contribution in [2.24, 2.45) is 5.73 Å². The zero-order valence-corrected chi connectivity index (χ0v) is 78.5. The zero-order valence-electron chi connectivity index (χ0n) is 73.4. The number of H-pyrrole nitrogens is 1. The molecular weight excluding hydrogens is 1910 g/mol. The number of aromatic carboxylic acids is 1. The Morgan fingerprint density at radius 3 is 1.54 bits per heavy atom. The molecule has 0 saturated carbocycles. The number of carbonyl (C=O) groups excluding carboxylic acids is 1. The Balaban J connectivity index is 0.000000231. The Bertz CT molecular complexity index is 7050. The Kier molecular flexibility index (Phi) is 34.2. The number of carboxylic acids is 1. The van der Waals surface area contributed by atoms with Crippen molar-refractivity contribution in [3.63, 3.8) is 0 Å². The van der Waals surface area contributed by atoms with Crippen LogP contribution in [0.5, 0.6) is 23.3 Å². The van der Waals surface area contributed by atoms with Gasteiger partial charge in [-0.2, -0.15) is 20.2 Å². The topological polar surface area (TPSA) is 403 Å². The summed E-state index contributed by atoms with van der Waals surface area (Å²) in [5.41, 5.74) is 9.94. The number of aromatic amines is 1.